The second kappa shape index (κ2) is 3.91. The van der Waals surface area contributed by atoms with E-state index in [1.165, 1.54) is 0 Å². The molecule has 2 rings (SSSR count). The Balaban J connectivity index is 1.99. The van der Waals surface area contributed by atoms with Crippen LogP contribution >= 0.6 is 0 Å². The lowest BCUT2D eigenvalue weighted by Crippen LogP contribution is -2.04. The molecule has 2 heterocycles. The Kier molecular flexibility index (Phi) is 2.44. The molecule has 0 bridgehead atoms. The molecule has 0 aliphatic rings. The normalized spacial score (nSPS) is 10.2. The number of H-pyrrole nitrogens is 1. The predicted octanol–water partition coefficient (Wildman–Crippen LogP) is 0.533. The summed E-state index contributed by atoms with van der Waals surface area (Å²) in [6.07, 6.45) is 3.79. The van der Waals surface area contributed by atoms with Crippen LogP contribution in [0.2, 0.25) is 0 Å². The molecule has 0 saturated carbocycles. The van der Waals surface area contributed by atoms with Gasteiger partial charge in [0.15, 0.2) is 5.82 Å². The van der Waals surface area contributed by atoms with E-state index in [9.17, 15) is 4.39 Å². The summed E-state index contributed by atoms with van der Waals surface area (Å²) >= 11 is 0. The topological polar surface area (TPSA) is 92.5 Å². The molecule has 0 aromatic carbocycles. The second-order valence-electron chi connectivity index (χ2n) is 2.89. The van der Waals surface area contributed by atoms with Gasteiger partial charge in [-0.05, 0) is 0 Å². The van der Waals surface area contributed by atoms with Crippen LogP contribution in [0.4, 0.5) is 16.2 Å². The zero-order valence-electron chi connectivity index (χ0n) is 7.74. The standard InChI is InChI=1S/C8H9FN6/c9-6-3-12-8(13-4-6)11-1-5-2-14-15-7(5)10/h2-4H,1H2,(H3,10,14,15)(H,11,12,13). The van der Waals surface area contributed by atoms with Crippen molar-refractivity contribution < 1.29 is 4.39 Å². The minimum Gasteiger partial charge on any atom is -0.384 e. The number of hydrogen-bond acceptors (Lipinski definition) is 5. The van der Waals surface area contributed by atoms with Crippen molar-refractivity contribution >= 4 is 11.8 Å². The van der Waals surface area contributed by atoms with Crippen LogP contribution in [0.5, 0.6) is 0 Å². The van der Waals surface area contributed by atoms with E-state index in [-0.39, 0.29) is 0 Å². The lowest BCUT2D eigenvalue weighted by atomic mass is 10.3. The molecule has 0 spiro atoms. The third-order valence-corrected chi connectivity index (χ3v) is 1.81. The summed E-state index contributed by atoms with van der Waals surface area (Å²) < 4.78 is 12.5. The number of rotatable bonds is 3. The van der Waals surface area contributed by atoms with Crippen molar-refractivity contribution in [2.75, 3.05) is 11.1 Å². The summed E-state index contributed by atoms with van der Waals surface area (Å²) in [7, 11) is 0. The van der Waals surface area contributed by atoms with E-state index in [2.05, 4.69) is 25.5 Å². The Morgan fingerprint density at radius 3 is 2.67 bits per heavy atom. The molecule has 0 fully saturated rings. The van der Waals surface area contributed by atoms with Crippen LogP contribution in [0.3, 0.4) is 0 Å². The van der Waals surface area contributed by atoms with Gasteiger partial charge in [0.25, 0.3) is 0 Å². The van der Waals surface area contributed by atoms with Crippen LogP contribution in [-0.2, 0) is 6.54 Å². The highest BCUT2D eigenvalue weighted by Crippen LogP contribution is 2.07. The van der Waals surface area contributed by atoms with Crippen LogP contribution in [0.1, 0.15) is 5.56 Å². The number of nitrogen functional groups attached to an aromatic ring is 1. The Bertz CT molecular complexity index is 437. The molecule has 7 heteroatoms. The van der Waals surface area contributed by atoms with Gasteiger partial charge in [-0.2, -0.15) is 5.10 Å². The third-order valence-electron chi connectivity index (χ3n) is 1.81. The fraction of sp³-hybridized carbons (Fsp3) is 0.125. The van der Waals surface area contributed by atoms with Gasteiger partial charge in [-0.25, -0.2) is 14.4 Å². The Morgan fingerprint density at radius 1 is 1.33 bits per heavy atom. The van der Waals surface area contributed by atoms with Gasteiger partial charge in [0.2, 0.25) is 5.95 Å². The monoisotopic (exact) mass is 208 g/mol. The van der Waals surface area contributed by atoms with Crippen molar-refractivity contribution in [2.45, 2.75) is 6.54 Å². The highest BCUT2D eigenvalue weighted by atomic mass is 19.1. The summed E-state index contributed by atoms with van der Waals surface area (Å²) in [5.41, 5.74) is 6.38. The highest BCUT2D eigenvalue weighted by molar-refractivity contribution is 5.39. The molecule has 0 saturated heterocycles. The maximum atomic E-state index is 12.5. The molecule has 2 aromatic heterocycles. The number of anilines is 2. The molecule has 0 atom stereocenters. The molecule has 0 amide bonds. The van der Waals surface area contributed by atoms with Crippen molar-refractivity contribution in [2.24, 2.45) is 0 Å². The average Bonchev–Trinajstić information content (AvgIpc) is 2.63. The molecular weight excluding hydrogens is 199 g/mol. The number of nitrogens with zero attached hydrogens (tertiary/aromatic N) is 3. The molecule has 0 aliphatic carbocycles. The second-order valence-corrected chi connectivity index (χ2v) is 2.89. The van der Waals surface area contributed by atoms with Gasteiger partial charge < -0.3 is 11.1 Å². The number of hydrogen-bond donors (Lipinski definition) is 3. The first-order valence-electron chi connectivity index (χ1n) is 4.25. The van der Waals surface area contributed by atoms with Crippen LogP contribution < -0.4 is 11.1 Å². The van der Waals surface area contributed by atoms with Gasteiger partial charge >= 0.3 is 0 Å². The van der Waals surface area contributed by atoms with E-state index in [0.29, 0.717) is 18.3 Å². The minimum absolute atomic E-state index is 0.344. The first kappa shape index (κ1) is 9.38. The molecule has 6 nitrogen and oxygen atoms in total. The molecule has 2 aromatic rings. The van der Waals surface area contributed by atoms with Crippen LogP contribution in [0.25, 0.3) is 0 Å². The van der Waals surface area contributed by atoms with E-state index in [1.807, 2.05) is 0 Å². The minimum atomic E-state index is -0.469. The lowest BCUT2D eigenvalue weighted by molar-refractivity contribution is 0.614. The van der Waals surface area contributed by atoms with Crippen molar-refractivity contribution in [1.29, 1.82) is 0 Å². The number of nitrogens with one attached hydrogen (secondary N) is 2. The van der Waals surface area contributed by atoms with Crippen molar-refractivity contribution in [1.82, 2.24) is 20.2 Å². The Labute approximate surface area is 84.7 Å². The van der Waals surface area contributed by atoms with Crippen LogP contribution in [0, 0.1) is 5.82 Å². The van der Waals surface area contributed by atoms with Gasteiger partial charge in [0.05, 0.1) is 18.6 Å². The average molecular weight is 208 g/mol. The van der Waals surface area contributed by atoms with Gasteiger partial charge in [0.1, 0.15) is 5.82 Å². The van der Waals surface area contributed by atoms with E-state index >= 15 is 0 Å². The zero-order chi connectivity index (χ0) is 10.7. The Morgan fingerprint density at radius 2 is 2.07 bits per heavy atom. The van der Waals surface area contributed by atoms with E-state index in [1.54, 1.807) is 6.20 Å². The van der Waals surface area contributed by atoms with Crippen molar-refractivity contribution in [3.05, 3.63) is 30.0 Å². The van der Waals surface area contributed by atoms with Gasteiger partial charge in [-0.1, -0.05) is 0 Å². The highest BCUT2D eigenvalue weighted by Gasteiger charge is 2.01. The SMILES string of the molecule is Nc1[nH]ncc1CNc1ncc(F)cn1. The molecule has 0 aliphatic heterocycles. The maximum Gasteiger partial charge on any atom is 0.223 e. The molecule has 78 valence electrons. The van der Waals surface area contributed by atoms with Gasteiger partial charge in [-0.15, -0.1) is 0 Å². The third kappa shape index (κ3) is 2.19. The van der Waals surface area contributed by atoms with Crippen LogP contribution in [-0.4, -0.2) is 20.2 Å². The number of aromatic amines is 1. The summed E-state index contributed by atoms with van der Waals surface area (Å²) in [5.74, 6) is 0.366. The summed E-state index contributed by atoms with van der Waals surface area (Å²) in [5, 5.41) is 9.24. The lowest BCUT2D eigenvalue weighted by Gasteiger charge is -2.02. The number of aromatic nitrogens is 4. The quantitative estimate of drug-likeness (QED) is 0.684. The molecule has 15 heavy (non-hydrogen) atoms. The largest absolute Gasteiger partial charge is 0.384 e. The first-order valence-corrected chi connectivity index (χ1v) is 4.25. The van der Waals surface area contributed by atoms with E-state index < -0.39 is 5.82 Å². The van der Waals surface area contributed by atoms with E-state index in [4.69, 9.17) is 5.73 Å². The molecule has 0 radical (unpaired) electrons. The zero-order valence-corrected chi connectivity index (χ0v) is 7.74. The summed E-state index contributed by atoms with van der Waals surface area (Å²) in [6.45, 7) is 0.438. The summed E-state index contributed by atoms with van der Waals surface area (Å²) in [4.78, 5) is 7.48. The summed E-state index contributed by atoms with van der Waals surface area (Å²) in [6, 6.07) is 0. The number of halogens is 1. The predicted molar refractivity (Wildman–Crippen MR) is 52.3 cm³/mol. The van der Waals surface area contributed by atoms with Crippen molar-refractivity contribution in [3.63, 3.8) is 0 Å². The van der Waals surface area contributed by atoms with Gasteiger partial charge in [-0.3, -0.25) is 5.10 Å². The number of nitrogens with two attached hydrogens (primary N) is 1. The fourth-order valence-corrected chi connectivity index (χ4v) is 1.04. The first-order chi connectivity index (χ1) is 7.25. The van der Waals surface area contributed by atoms with Crippen LogP contribution in [0.15, 0.2) is 18.6 Å². The van der Waals surface area contributed by atoms with Gasteiger partial charge in [0, 0.05) is 12.1 Å². The van der Waals surface area contributed by atoms with E-state index in [0.717, 1.165) is 18.0 Å². The Hall–Kier alpha value is -2.18. The molecule has 4 N–H and O–H groups in total. The smallest absolute Gasteiger partial charge is 0.223 e. The maximum absolute atomic E-state index is 12.5. The molecular formula is C8H9FN6. The fourth-order valence-electron chi connectivity index (χ4n) is 1.04. The molecule has 0 unspecified atom stereocenters. The van der Waals surface area contributed by atoms with Crippen molar-refractivity contribution in [3.8, 4) is 0 Å².